The Bertz CT molecular complexity index is 943. The second kappa shape index (κ2) is 6.88. The zero-order valence-electron chi connectivity index (χ0n) is 14.5. The number of hydrogen-bond acceptors (Lipinski definition) is 5. The minimum absolute atomic E-state index is 0.0975. The molecule has 6 nitrogen and oxygen atoms in total. The van der Waals surface area contributed by atoms with Crippen LogP contribution >= 0.6 is 0 Å². The third-order valence-corrected chi connectivity index (χ3v) is 4.48. The monoisotopic (exact) mass is 402 g/mol. The van der Waals surface area contributed by atoms with E-state index in [1.165, 1.54) is 6.92 Å². The number of nitrogens with zero attached hydrogens (tertiary/aromatic N) is 2. The first kappa shape index (κ1) is 19.8. The second-order valence-corrected chi connectivity index (χ2v) is 6.28. The van der Waals surface area contributed by atoms with Crippen molar-refractivity contribution < 1.29 is 31.2 Å². The van der Waals surface area contributed by atoms with Gasteiger partial charge in [-0.2, -0.15) is 0 Å². The summed E-state index contributed by atoms with van der Waals surface area (Å²) >= 11 is 0. The van der Waals surface area contributed by atoms with E-state index in [1.54, 1.807) is 0 Å². The van der Waals surface area contributed by atoms with E-state index >= 15 is 0 Å². The number of benzene rings is 1. The molecule has 28 heavy (non-hydrogen) atoms. The first-order chi connectivity index (χ1) is 13.1. The third kappa shape index (κ3) is 3.10. The lowest BCUT2D eigenvalue weighted by Gasteiger charge is -2.40. The maximum Gasteiger partial charge on any atom is 0.283 e. The number of aliphatic imine (C=N–C) groups is 1. The minimum atomic E-state index is -4.06. The summed E-state index contributed by atoms with van der Waals surface area (Å²) in [4.78, 5) is 19.2. The van der Waals surface area contributed by atoms with Crippen LogP contribution in [0.15, 0.2) is 34.0 Å². The number of amides is 1. The lowest BCUT2D eigenvalue weighted by atomic mass is 9.79. The van der Waals surface area contributed by atoms with E-state index < -0.39 is 53.9 Å². The van der Waals surface area contributed by atoms with E-state index in [0.717, 1.165) is 12.5 Å². The standard InChI is InChI=1S/C17H15F5N4O2/c1-8-13(24-7-28-8)14(27)25-9-2-3-11(18)10(6-9)17(15(19)20)16(21,22)5-4-12(23)26-17/h2-3,6-7,15H,4-5H2,1H3,(H2,23,26)(H,25,27)/t17-/m0/s1. The predicted octanol–water partition coefficient (Wildman–Crippen LogP) is 3.62. The van der Waals surface area contributed by atoms with Gasteiger partial charge >= 0.3 is 0 Å². The van der Waals surface area contributed by atoms with Gasteiger partial charge in [0.1, 0.15) is 11.6 Å². The Balaban J connectivity index is 2.08. The molecule has 11 heteroatoms. The number of alkyl halides is 4. The number of hydrogen-bond donors (Lipinski definition) is 2. The van der Waals surface area contributed by atoms with Gasteiger partial charge in [-0.3, -0.25) is 4.79 Å². The SMILES string of the molecule is Cc1ocnc1C(=O)Nc1ccc(F)c([C@@]2(C(F)F)N=C(N)CCC2(F)F)c1. The number of oxazole rings is 1. The van der Waals surface area contributed by atoms with Crippen LogP contribution in [-0.4, -0.2) is 29.1 Å². The van der Waals surface area contributed by atoms with Crippen molar-refractivity contribution in [2.45, 2.75) is 37.7 Å². The number of aromatic nitrogens is 1. The molecule has 0 saturated carbocycles. The van der Waals surface area contributed by atoms with Crippen LogP contribution < -0.4 is 11.1 Å². The van der Waals surface area contributed by atoms with Gasteiger partial charge in [-0.1, -0.05) is 0 Å². The number of aryl methyl sites for hydroxylation is 1. The number of nitrogens with two attached hydrogens (primary N) is 1. The van der Waals surface area contributed by atoms with Gasteiger partial charge in [0.2, 0.25) is 5.54 Å². The fourth-order valence-corrected chi connectivity index (χ4v) is 3.03. The molecule has 2 heterocycles. The molecule has 0 fully saturated rings. The maximum atomic E-state index is 14.6. The molecular weight excluding hydrogens is 387 g/mol. The second-order valence-electron chi connectivity index (χ2n) is 6.28. The first-order valence-electron chi connectivity index (χ1n) is 8.10. The van der Waals surface area contributed by atoms with Gasteiger partial charge < -0.3 is 15.5 Å². The number of nitrogens with one attached hydrogen (secondary N) is 1. The summed E-state index contributed by atoms with van der Waals surface area (Å²) in [5, 5.41) is 2.29. The summed E-state index contributed by atoms with van der Waals surface area (Å²) in [6.45, 7) is 1.46. The molecule has 1 aromatic heterocycles. The minimum Gasteiger partial charge on any atom is -0.448 e. The first-order valence-corrected chi connectivity index (χ1v) is 8.10. The van der Waals surface area contributed by atoms with E-state index in [4.69, 9.17) is 10.2 Å². The fourth-order valence-electron chi connectivity index (χ4n) is 3.03. The smallest absolute Gasteiger partial charge is 0.283 e. The molecule has 3 rings (SSSR count). The predicted molar refractivity (Wildman–Crippen MR) is 89.1 cm³/mol. The van der Waals surface area contributed by atoms with E-state index in [-0.39, 0.29) is 17.1 Å². The van der Waals surface area contributed by atoms with Crippen molar-refractivity contribution in [1.82, 2.24) is 4.98 Å². The Morgan fingerprint density at radius 2 is 2.07 bits per heavy atom. The van der Waals surface area contributed by atoms with Crippen molar-refractivity contribution in [3.05, 3.63) is 47.4 Å². The van der Waals surface area contributed by atoms with Crippen LogP contribution in [0.25, 0.3) is 0 Å². The van der Waals surface area contributed by atoms with Crippen LogP contribution in [0.4, 0.5) is 27.6 Å². The summed E-state index contributed by atoms with van der Waals surface area (Å²) < 4.78 is 76.1. The lowest BCUT2D eigenvalue weighted by Crippen LogP contribution is -2.54. The molecular formula is C17H15F5N4O2. The Kier molecular flexibility index (Phi) is 4.86. The normalized spacial score (nSPS) is 21.5. The fraction of sp³-hybridized carbons (Fsp3) is 0.353. The van der Waals surface area contributed by atoms with Crippen LogP contribution in [0.2, 0.25) is 0 Å². The van der Waals surface area contributed by atoms with E-state index in [0.29, 0.717) is 12.1 Å². The van der Waals surface area contributed by atoms with Crippen molar-refractivity contribution in [3.63, 3.8) is 0 Å². The molecule has 0 unspecified atom stereocenters. The van der Waals surface area contributed by atoms with E-state index in [1.807, 2.05) is 0 Å². The summed E-state index contributed by atoms with van der Waals surface area (Å²) in [6.07, 6.45) is -4.14. The highest BCUT2D eigenvalue weighted by Gasteiger charge is 2.63. The van der Waals surface area contributed by atoms with Crippen molar-refractivity contribution in [2.75, 3.05) is 5.32 Å². The van der Waals surface area contributed by atoms with Gasteiger partial charge in [-0.25, -0.2) is 31.9 Å². The van der Waals surface area contributed by atoms with Crippen LogP contribution in [0.5, 0.6) is 0 Å². The topological polar surface area (TPSA) is 93.5 Å². The summed E-state index contributed by atoms with van der Waals surface area (Å²) in [6, 6.07) is 2.44. The van der Waals surface area contributed by atoms with E-state index in [2.05, 4.69) is 15.3 Å². The molecule has 2 aromatic rings. The Morgan fingerprint density at radius 1 is 1.36 bits per heavy atom. The quantitative estimate of drug-likeness (QED) is 0.764. The highest BCUT2D eigenvalue weighted by Crippen LogP contribution is 2.51. The molecule has 1 amide bonds. The molecule has 0 saturated heterocycles. The maximum absolute atomic E-state index is 14.6. The third-order valence-electron chi connectivity index (χ3n) is 4.48. The molecule has 0 bridgehead atoms. The van der Waals surface area contributed by atoms with E-state index in [9.17, 15) is 26.7 Å². The van der Waals surface area contributed by atoms with Crippen molar-refractivity contribution in [2.24, 2.45) is 10.7 Å². The molecule has 0 aliphatic carbocycles. The van der Waals surface area contributed by atoms with Crippen LogP contribution in [0.1, 0.15) is 34.7 Å². The number of rotatable bonds is 4. The Morgan fingerprint density at radius 3 is 2.68 bits per heavy atom. The highest BCUT2D eigenvalue weighted by molar-refractivity contribution is 6.03. The summed E-state index contributed by atoms with van der Waals surface area (Å²) in [5.74, 6) is -6.42. The average molecular weight is 402 g/mol. The molecule has 0 radical (unpaired) electrons. The van der Waals surface area contributed by atoms with Crippen LogP contribution in [-0.2, 0) is 5.54 Å². The number of amidine groups is 1. The van der Waals surface area contributed by atoms with Crippen LogP contribution in [0.3, 0.4) is 0 Å². The largest absolute Gasteiger partial charge is 0.448 e. The van der Waals surface area contributed by atoms with Gasteiger partial charge in [-0.15, -0.1) is 0 Å². The molecule has 1 aromatic carbocycles. The van der Waals surface area contributed by atoms with Gasteiger partial charge in [-0.05, 0) is 25.1 Å². The molecule has 1 aliphatic heterocycles. The van der Waals surface area contributed by atoms with Crippen LogP contribution in [0, 0.1) is 12.7 Å². The highest BCUT2D eigenvalue weighted by atomic mass is 19.3. The Hall–Kier alpha value is -2.98. The number of halogens is 5. The molecule has 1 atom stereocenters. The molecule has 1 aliphatic rings. The van der Waals surface area contributed by atoms with Gasteiger partial charge in [0, 0.05) is 24.1 Å². The average Bonchev–Trinajstić information content (AvgIpc) is 3.05. The number of carbonyl (C=O) groups excluding carboxylic acids is 1. The van der Waals surface area contributed by atoms with Gasteiger partial charge in [0.25, 0.3) is 18.3 Å². The summed E-state index contributed by atoms with van der Waals surface area (Å²) in [7, 11) is 0. The number of anilines is 1. The van der Waals surface area contributed by atoms with Gasteiger partial charge in [0.15, 0.2) is 12.1 Å². The molecule has 150 valence electrons. The lowest BCUT2D eigenvalue weighted by molar-refractivity contribution is -0.145. The zero-order valence-corrected chi connectivity index (χ0v) is 14.5. The van der Waals surface area contributed by atoms with Gasteiger partial charge in [0.05, 0.1) is 5.84 Å². The molecule has 3 N–H and O–H groups in total. The zero-order chi connectivity index (χ0) is 20.7. The number of carbonyl (C=O) groups is 1. The molecule has 0 spiro atoms. The van der Waals surface area contributed by atoms with Crippen molar-refractivity contribution in [1.29, 1.82) is 0 Å². The van der Waals surface area contributed by atoms with Crippen molar-refractivity contribution in [3.8, 4) is 0 Å². The summed E-state index contributed by atoms with van der Waals surface area (Å²) in [5.41, 5.74) is 0.575. The Labute approximate surface area is 155 Å². The van der Waals surface area contributed by atoms with Crippen molar-refractivity contribution >= 4 is 17.4 Å².